The smallest absolute Gasteiger partial charge is 0.0423 e. The molecule has 0 radical (unpaired) electrons. The normalized spacial score (nSPS) is 20.6. The zero-order chi connectivity index (χ0) is 12.3. The van der Waals surface area contributed by atoms with E-state index in [-0.39, 0.29) is 0 Å². The molecule has 1 unspecified atom stereocenters. The highest BCUT2D eigenvalue weighted by Gasteiger charge is 2.19. The number of hydrogen-bond acceptors (Lipinski definition) is 4. The molecule has 1 heterocycles. The lowest BCUT2D eigenvalue weighted by Gasteiger charge is -2.34. The van der Waals surface area contributed by atoms with E-state index in [2.05, 4.69) is 48.0 Å². The van der Waals surface area contributed by atoms with E-state index in [9.17, 15) is 0 Å². The van der Waals surface area contributed by atoms with Crippen LogP contribution in [0, 0.1) is 0 Å². The number of benzene rings is 1. The van der Waals surface area contributed by atoms with Crippen molar-refractivity contribution in [3.05, 3.63) is 23.8 Å². The van der Waals surface area contributed by atoms with E-state index in [4.69, 9.17) is 5.73 Å². The van der Waals surface area contributed by atoms with E-state index in [1.807, 2.05) is 0 Å². The topological polar surface area (TPSA) is 29.3 Å². The molecule has 0 aromatic heterocycles. The third-order valence-corrected chi connectivity index (χ3v) is 5.07. The van der Waals surface area contributed by atoms with Gasteiger partial charge in [0, 0.05) is 46.8 Å². The van der Waals surface area contributed by atoms with Gasteiger partial charge in [0.05, 0.1) is 0 Å². The Morgan fingerprint density at radius 1 is 1.53 bits per heavy atom. The highest BCUT2D eigenvalue weighted by molar-refractivity contribution is 8.00. The Hall–Kier alpha value is -0.320. The Morgan fingerprint density at radius 2 is 2.35 bits per heavy atom. The first-order valence-corrected chi connectivity index (χ1v) is 8.26. The molecule has 1 aliphatic rings. The molecule has 1 aromatic carbocycles. The Kier molecular flexibility index (Phi) is 4.65. The number of rotatable bonds is 3. The number of nitrogens with two attached hydrogens (primary N) is 1. The fourth-order valence-electron chi connectivity index (χ4n) is 2.28. The second kappa shape index (κ2) is 6.03. The lowest BCUT2D eigenvalue weighted by molar-refractivity contribution is 0.774. The zero-order valence-electron chi connectivity index (χ0n) is 10.5. The number of hydrogen-bond donors (Lipinski definition) is 1. The molecule has 2 nitrogen and oxygen atoms in total. The van der Waals surface area contributed by atoms with Crippen LogP contribution in [-0.4, -0.2) is 30.3 Å². The van der Waals surface area contributed by atoms with Crippen LogP contribution in [0.3, 0.4) is 0 Å². The standard InChI is InChI=1S/C13H20N2S2/c1-10-9-15(6-7-17-10)12-4-3-5-13(16-2)11(12)8-14/h3-5,10H,6-9,14H2,1-2H3. The van der Waals surface area contributed by atoms with E-state index in [1.54, 1.807) is 11.8 Å². The van der Waals surface area contributed by atoms with Gasteiger partial charge in [-0.3, -0.25) is 0 Å². The molecular formula is C13H20N2S2. The van der Waals surface area contributed by atoms with Crippen molar-refractivity contribution in [2.24, 2.45) is 5.73 Å². The minimum Gasteiger partial charge on any atom is -0.369 e. The third kappa shape index (κ3) is 2.92. The summed E-state index contributed by atoms with van der Waals surface area (Å²) in [5.41, 5.74) is 8.57. The van der Waals surface area contributed by atoms with E-state index >= 15 is 0 Å². The van der Waals surface area contributed by atoms with Crippen LogP contribution in [0.2, 0.25) is 0 Å². The van der Waals surface area contributed by atoms with Crippen LogP contribution in [-0.2, 0) is 6.54 Å². The van der Waals surface area contributed by atoms with Crippen molar-refractivity contribution in [1.82, 2.24) is 0 Å². The molecule has 2 N–H and O–H groups in total. The molecule has 1 aliphatic heterocycles. The molecule has 4 heteroatoms. The Morgan fingerprint density at radius 3 is 3.00 bits per heavy atom. The molecule has 0 saturated carbocycles. The molecule has 0 bridgehead atoms. The maximum Gasteiger partial charge on any atom is 0.0423 e. The van der Waals surface area contributed by atoms with Gasteiger partial charge in [-0.1, -0.05) is 13.0 Å². The molecule has 1 fully saturated rings. The molecule has 17 heavy (non-hydrogen) atoms. The van der Waals surface area contributed by atoms with Crippen LogP contribution in [0.5, 0.6) is 0 Å². The summed E-state index contributed by atoms with van der Waals surface area (Å²) in [6.45, 7) is 5.21. The fraction of sp³-hybridized carbons (Fsp3) is 0.538. The van der Waals surface area contributed by atoms with E-state index in [0.29, 0.717) is 11.8 Å². The summed E-state index contributed by atoms with van der Waals surface area (Å²) in [7, 11) is 0. The van der Waals surface area contributed by atoms with Crippen LogP contribution in [0.25, 0.3) is 0 Å². The summed E-state index contributed by atoms with van der Waals surface area (Å²) in [6.07, 6.45) is 2.12. The summed E-state index contributed by atoms with van der Waals surface area (Å²) < 4.78 is 0. The van der Waals surface area contributed by atoms with Crippen molar-refractivity contribution in [3.63, 3.8) is 0 Å². The monoisotopic (exact) mass is 268 g/mol. The second-order valence-electron chi connectivity index (χ2n) is 4.29. The van der Waals surface area contributed by atoms with Crippen molar-refractivity contribution in [2.45, 2.75) is 23.6 Å². The van der Waals surface area contributed by atoms with E-state index in [1.165, 1.54) is 21.9 Å². The SMILES string of the molecule is CSc1cccc(N2CCSC(C)C2)c1CN. The van der Waals surface area contributed by atoms with Crippen molar-refractivity contribution in [2.75, 3.05) is 30.0 Å². The molecule has 0 aliphatic carbocycles. The molecule has 1 saturated heterocycles. The molecule has 1 atom stereocenters. The average Bonchev–Trinajstić information content (AvgIpc) is 2.37. The fourth-order valence-corrected chi connectivity index (χ4v) is 3.95. The number of thioether (sulfide) groups is 2. The van der Waals surface area contributed by atoms with Gasteiger partial charge in [0.1, 0.15) is 0 Å². The second-order valence-corrected chi connectivity index (χ2v) is 6.68. The lowest BCUT2D eigenvalue weighted by Crippen LogP contribution is -2.37. The third-order valence-electron chi connectivity index (χ3n) is 3.11. The number of nitrogens with zero attached hydrogens (tertiary/aromatic N) is 1. The summed E-state index contributed by atoms with van der Waals surface area (Å²) in [5, 5.41) is 0.715. The van der Waals surface area contributed by atoms with Gasteiger partial charge in [-0.25, -0.2) is 0 Å². The van der Waals surface area contributed by atoms with E-state index in [0.717, 1.165) is 13.1 Å². The first kappa shape index (κ1) is 13.1. The van der Waals surface area contributed by atoms with Crippen molar-refractivity contribution in [1.29, 1.82) is 0 Å². The van der Waals surface area contributed by atoms with Gasteiger partial charge in [-0.15, -0.1) is 11.8 Å². The minimum absolute atomic E-state index is 0.629. The molecule has 1 aromatic rings. The van der Waals surface area contributed by atoms with Gasteiger partial charge < -0.3 is 10.6 Å². The van der Waals surface area contributed by atoms with Crippen LogP contribution in [0.4, 0.5) is 5.69 Å². The van der Waals surface area contributed by atoms with Gasteiger partial charge >= 0.3 is 0 Å². The summed E-state index contributed by atoms with van der Waals surface area (Å²) in [5.74, 6) is 1.22. The quantitative estimate of drug-likeness (QED) is 0.854. The molecular weight excluding hydrogens is 248 g/mol. The first-order chi connectivity index (χ1) is 8.26. The van der Waals surface area contributed by atoms with Gasteiger partial charge in [-0.2, -0.15) is 11.8 Å². The maximum absolute atomic E-state index is 5.92. The highest BCUT2D eigenvalue weighted by Crippen LogP contribution is 2.31. The van der Waals surface area contributed by atoms with Gasteiger partial charge in [0.2, 0.25) is 0 Å². The largest absolute Gasteiger partial charge is 0.369 e. The molecule has 2 rings (SSSR count). The first-order valence-electron chi connectivity index (χ1n) is 5.98. The number of anilines is 1. The Labute approximate surface area is 112 Å². The predicted molar refractivity (Wildman–Crippen MR) is 80.2 cm³/mol. The molecule has 94 valence electrons. The van der Waals surface area contributed by atoms with Gasteiger partial charge in [0.25, 0.3) is 0 Å². The summed E-state index contributed by atoms with van der Waals surface area (Å²) in [6, 6.07) is 6.52. The average molecular weight is 268 g/mol. The van der Waals surface area contributed by atoms with Crippen molar-refractivity contribution < 1.29 is 0 Å². The van der Waals surface area contributed by atoms with Gasteiger partial charge in [0.15, 0.2) is 0 Å². The molecule has 0 amide bonds. The molecule has 0 spiro atoms. The van der Waals surface area contributed by atoms with Crippen molar-refractivity contribution in [3.8, 4) is 0 Å². The van der Waals surface area contributed by atoms with Crippen LogP contribution in [0.1, 0.15) is 12.5 Å². The zero-order valence-corrected chi connectivity index (χ0v) is 12.1. The van der Waals surface area contributed by atoms with Gasteiger partial charge in [-0.05, 0) is 18.4 Å². The van der Waals surface area contributed by atoms with Crippen molar-refractivity contribution >= 4 is 29.2 Å². The highest BCUT2D eigenvalue weighted by atomic mass is 32.2. The Bertz CT molecular complexity index is 382. The lowest BCUT2D eigenvalue weighted by atomic mass is 10.1. The van der Waals surface area contributed by atoms with Crippen LogP contribution >= 0.6 is 23.5 Å². The summed E-state index contributed by atoms with van der Waals surface area (Å²) in [4.78, 5) is 3.80. The van der Waals surface area contributed by atoms with Crippen LogP contribution in [0.15, 0.2) is 23.1 Å². The minimum atomic E-state index is 0.629. The predicted octanol–water partition coefficient (Wildman–Crippen LogP) is 2.81. The summed E-state index contributed by atoms with van der Waals surface area (Å²) >= 11 is 3.85. The van der Waals surface area contributed by atoms with Crippen LogP contribution < -0.4 is 10.6 Å². The Balaban J connectivity index is 2.30. The maximum atomic E-state index is 5.92. The van der Waals surface area contributed by atoms with E-state index < -0.39 is 0 Å².